The van der Waals surface area contributed by atoms with E-state index in [1.165, 1.54) is 11.7 Å². The lowest BCUT2D eigenvalue weighted by atomic mass is 9.90. The van der Waals surface area contributed by atoms with Gasteiger partial charge in [0.25, 0.3) is 11.5 Å². The molecular formula is C21H16N6O2S. The van der Waals surface area contributed by atoms with Crippen LogP contribution in [-0.4, -0.2) is 44.8 Å². The average molecular weight is 416 g/mol. The lowest BCUT2D eigenvalue weighted by molar-refractivity contribution is -0.128. The number of nitriles is 1. The quantitative estimate of drug-likeness (QED) is 0.368. The number of fused-ring (bicyclic) bond motifs is 1. The summed E-state index contributed by atoms with van der Waals surface area (Å²) in [5, 5.41) is 13.6. The highest BCUT2D eigenvalue weighted by molar-refractivity contribution is 7.98. The van der Waals surface area contributed by atoms with Gasteiger partial charge in [-0.1, -0.05) is 30.3 Å². The molecule has 0 radical (unpaired) electrons. The Balaban J connectivity index is 1.98. The Labute approximate surface area is 176 Å². The molecule has 2 amide bonds. The van der Waals surface area contributed by atoms with Gasteiger partial charge in [-0.25, -0.2) is 4.98 Å². The summed E-state index contributed by atoms with van der Waals surface area (Å²) < 4.78 is 1.34. The van der Waals surface area contributed by atoms with Crippen molar-refractivity contribution in [3.8, 4) is 11.9 Å². The molecular weight excluding hydrogens is 400 g/mol. The van der Waals surface area contributed by atoms with E-state index in [4.69, 9.17) is 5.26 Å². The summed E-state index contributed by atoms with van der Waals surface area (Å²) >= 11 is 1.59. The van der Waals surface area contributed by atoms with Crippen molar-refractivity contribution < 1.29 is 9.59 Å². The van der Waals surface area contributed by atoms with Crippen LogP contribution < -0.4 is 5.62 Å². The lowest BCUT2D eigenvalue weighted by Crippen LogP contribution is -2.46. The van der Waals surface area contributed by atoms with Gasteiger partial charge in [0, 0.05) is 11.9 Å². The second kappa shape index (κ2) is 7.93. The van der Waals surface area contributed by atoms with Gasteiger partial charge < -0.3 is 0 Å². The van der Waals surface area contributed by atoms with Gasteiger partial charge in [0.1, 0.15) is 5.92 Å². The average Bonchev–Trinajstić information content (AvgIpc) is 2.78. The molecule has 30 heavy (non-hydrogen) atoms. The van der Waals surface area contributed by atoms with Crippen molar-refractivity contribution in [3.05, 3.63) is 77.2 Å². The van der Waals surface area contributed by atoms with Gasteiger partial charge in [0.05, 0.1) is 11.4 Å². The van der Waals surface area contributed by atoms with Crippen LogP contribution in [0, 0.1) is 11.5 Å². The topological polar surface area (TPSA) is 104 Å². The summed E-state index contributed by atoms with van der Waals surface area (Å²) in [6.45, 7) is 0. The van der Waals surface area contributed by atoms with Gasteiger partial charge in [-0.15, -0.1) is 16.8 Å². The number of thioether (sulfide) groups is 1. The van der Waals surface area contributed by atoms with Crippen LogP contribution in [0.4, 0.5) is 0 Å². The maximum absolute atomic E-state index is 12.9. The number of amides is 2. The molecule has 1 aliphatic heterocycles. The van der Waals surface area contributed by atoms with Crippen LogP contribution in [0.5, 0.6) is 0 Å². The van der Waals surface area contributed by atoms with E-state index >= 15 is 0 Å². The fraction of sp³-hybridized carbons (Fsp3) is 0.143. The van der Waals surface area contributed by atoms with E-state index in [2.05, 4.69) is 15.1 Å². The van der Waals surface area contributed by atoms with Crippen LogP contribution in [0.15, 0.2) is 64.5 Å². The van der Waals surface area contributed by atoms with Crippen LogP contribution in [0.2, 0.25) is 0 Å². The molecule has 0 fully saturated rings. The maximum Gasteiger partial charge on any atom is 0.282 e. The van der Waals surface area contributed by atoms with Gasteiger partial charge in [-0.3, -0.25) is 14.5 Å². The predicted octanol–water partition coefficient (Wildman–Crippen LogP) is 2.12. The van der Waals surface area contributed by atoms with Crippen molar-refractivity contribution in [2.75, 3.05) is 13.3 Å². The van der Waals surface area contributed by atoms with Crippen molar-refractivity contribution in [2.24, 2.45) is 4.99 Å². The van der Waals surface area contributed by atoms with E-state index < -0.39 is 17.7 Å². The number of nitrogens with zero attached hydrogens (tertiary/aromatic N) is 6. The van der Waals surface area contributed by atoms with Gasteiger partial charge >= 0.3 is 0 Å². The van der Waals surface area contributed by atoms with E-state index in [0.29, 0.717) is 11.3 Å². The zero-order valence-corrected chi connectivity index (χ0v) is 17.0. The second-order valence-corrected chi connectivity index (χ2v) is 7.39. The summed E-state index contributed by atoms with van der Waals surface area (Å²) in [4.78, 5) is 36.1. The minimum atomic E-state index is -0.808. The van der Waals surface area contributed by atoms with E-state index in [0.717, 1.165) is 9.80 Å². The number of likely N-dealkylation sites (N-methyl/N-ethyl adjacent to an activating group) is 1. The zero-order valence-electron chi connectivity index (χ0n) is 16.2. The SMILES string of the molecule is CSc1ccc(-n2nc3c(nc2=NC#N)C(c2ccccc2)C(=O)N(C)C3=O)cc1. The van der Waals surface area contributed by atoms with E-state index in [1.807, 2.05) is 36.6 Å². The van der Waals surface area contributed by atoms with Crippen LogP contribution in [-0.2, 0) is 4.79 Å². The number of carbonyl (C=O) groups is 2. The third kappa shape index (κ3) is 3.27. The monoisotopic (exact) mass is 416 g/mol. The van der Waals surface area contributed by atoms with Crippen LogP contribution in [0.1, 0.15) is 27.7 Å². The highest BCUT2D eigenvalue weighted by Crippen LogP contribution is 2.31. The summed E-state index contributed by atoms with van der Waals surface area (Å²) in [6.07, 6.45) is 3.69. The Hall–Kier alpha value is -3.77. The maximum atomic E-state index is 12.9. The van der Waals surface area contributed by atoms with Crippen molar-refractivity contribution in [1.82, 2.24) is 19.7 Å². The van der Waals surface area contributed by atoms with Crippen molar-refractivity contribution in [1.29, 1.82) is 5.26 Å². The standard InChI is InChI=1S/C21H16N6O2S/c1-26-19(28)16(13-6-4-3-5-7-13)17-18(20(26)29)25-27(21(24-17)23-12-22)14-8-10-15(30-2)11-9-14/h3-11,16H,1-2H3. The third-order valence-electron chi connectivity index (χ3n) is 4.81. The predicted molar refractivity (Wildman–Crippen MR) is 110 cm³/mol. The number of benzene rings is 2. The Morgan fingerprint density at radius 3 is 2.43 bits per heavy atom. The Morgan fingerprint density at radius 2 is 1.80 bits per heavy atom. The van der Waals surface area contributed by atoms with Gasteiger partial charge in [-0.05, 0) is 36.1 Å². The van der Waals surface area contributed by atoms with Crippen LogP contribution in [0.3, 0.4) is 0 Å². The molecule has 148 valence electrons. The fourth-order valence-electron chi connectivity index (χ4n) is 3.29. The Morgan fingerprint density at radius 1 is 1.10 bits per heavy atom. The molecule has 2 aromatic carbocycles. The summed E-state index contributed by atoms with van der Waals surface area (Å²) in [5.74, 6) is -1.76. The molecule has 0 saturated carbocycles. The summed E-state index contributed by atoms with van der Waals surface area (Å²) in [7, 11) is 1.43. The molecule has 0 aliphatic carbocycles. The lowest BCUT2D eigenvalue weighted by Gasteiger charge is -2.29. The number of hydrogen-bond donors (Lipinski definition) is 0. The summed E-state index contributed by atoms with van der Waals surface area (Å²) in [5.41, 5.74) is 1.53. The smallest absolute Gasteiger partial charge is 0.279 e. The largest absolute Gasteiger partial charge is 0.282 e. The Kier molecular flexibility index (Phi) is 5.16. The minimum Gasteiger partial charge on any atom is -0.279 e. The second-order valence-electron chi connectivity index (χ2n) is 6.51. The number of carbonyl (C=O) groups excluding carboxylic acids is 2. The molecule has 1 aromatic heterocycles. The van der Waals surface area contributed by atoms with Gasteiger partial charge in [-0.2, -0.15) is 15.0 Å². The molecule has 0 spiro atoms. The first-order valence-corrected chi connectivity index (χ1v) is 10.2. The normalized spacial score (nSPS) is 16.4. The molecule has 1 aliphatic rings. The fourth-order valence-corrected chi connectivity index (χ4v) is 3.70. The van der Waals surface area contributed by atoms with Crippen molar-refractivity contribution in [3.63, 3.8) is 0 Å². The first-order valence-electron chi connectivity index (χ1n) is 9.00. The molecule has 9 heteroatoms. The Bertz CT molecular complexity index is 1250. The minimum absolute atomic E-state index is 0.000708. The first kappa shape index (κ1) is 19.5. The molecule has 0 saturated heterocycles. The van der Waals surface area contributed by atoms with Crippen molar-refractivity contribution in [2.45, 2.75) is 10.8 Å². The molecule has 4 rings (SSSR count). The highest BCUT2D eigenvalue weighted by atomic mass is 32.2. The zero-order chi connectivity index (χ0) is 21.3. The molecule has 0 N–H and O–H groups in total. The van der Waals surface area contributed by atoms with Crippen molar-refractivity contribution >= 4 is 23.6 Å². The molecule has 0 bridgehead atoms. The van der Waals surface area contributed by atoms with E-state index in [-0.39, 0.29) is 17.0 Å². The van der Waals surface area contributed by atoms with Gasteiger partial charge in [0.2, 0.25) is 12.1 Å². The van der Waals surface area contributed by atoms with E-state index in [1.54, 1.807) is 42.2 Å². The molecule has 2 heterocycles. The van der Waals surface area contributed by atoms with E-state index in [9.17, 15) is 9.59 Å². The number of aromatic nitrogens is 3. The molecule has 8 nitrogen and oxygen atoms in total. The number of rotatable bonds is 3. The van der Waals surface area contributed by atoms with Gasteiger partial charge in [0.15, 0.2) is 5.69 Å². The van der Waals surface area contributed by atoms with Crippen LogP contribution >= 0.6 is 11.8 Å². The molecule has 3 aromatic rings. The number of hydrogen-bond acceptors (Lipinski definition) is 7. The molecule has 1 atom stereocenters. The molecule has 1 unspecified atom stereocenters. The summed E-state index contributed by atoms with van der Waals surface area (Å²) in [6, 6.07) is 16.4. The van der Waals surface area contributed by atoms with Crippen LogP contribution in [0.25, 0.3) is 5.69 Å². The third-order valence-corrected chi connectivity index (χ3v) is 5.55. The number of imide groups is 1. The highest BCUT2D eigenvalue weighted by Gasteiger charge is 2.40. The first-order chi connectivity index (χ1) is 14.5.